The van der Waals surface area contributed by atoms with E-state index in [1.54, 1.807) is 6.07 Å². The van der Waals surface area contributed by atoms with Gasteiger partial charge in [0.05, 0.1) is 0 Å². The van der Waals surface area contributed by atoms with Gasteiger partial charge < -0.3 is 5.32 Å². The van der Waals surface area contributed by atoms with Crippen molar-refractivity contribution in [3.8, 4) is 0 Å². The molecule has 2 unspecified atom stereocenters. The number of hydrogen-bond donors (Lipinski definition) is 1. The first-order valence-electron chi connectivity index (χ1n) is 6.79. The topological polar surface area (TPSA) is 12.0 Å². The Morgan fingerprint density at radius 1 is 1.28 bits per heavy atom. The first-order chi connectivity index (χ1) is 8.70. The maximum atomic E-state index is 13.9. The van der Waals surface area contributed by atoms with Crippen LogP contribution in [0.4, 0.5) is 4.39 Å². The van der Waals surface area contributed by atoms with Gasteiger partial charge in [-0.25, -0.2) is 4.39 Å². The molecule has 1 saturated carbocycles. The Morgan fingerprint density at radius 2 is 2.00 bits per heavy atom. The SMILES string of the molecule is CNCC1CCCCC1Cc1ccc(Br)cc1F. The van der Waals surface area contributed by atoms with E-state index in [1.165, 1.54) is 25.7 Å². The molecule has 100 valence electrons. The first kappa shape index (κ1) is 14.0. The maximum absolute atomic E-state index is 13.9. The standard InChI is InChI=1S/C15H21BrFN/c1-18-10-13-5-3-2-4-11(13)8-12-6-7-14(16)9-15(12)17/h6-7,9,11,13,18H,2-5,8,10H2,1H3. The number of rotatable bonds is 4. The fraction of sp³-hybridized carbons (Fsp3) is 0.600. The third-order valence-electron chi connectivity index (χ3n) is 4.03. The van der Waals surface area contributed by atoms with Crippen molar-refractivity contribution in [1.29, 1.82) is 0 Å². The summed E-state index contributed by atoms with van der Waals surface area (Å²) in [6, 6.07) is 5.43. The van der Waals surface area contributed by atoms with Gasteiger partial charge in [0.25, 0.3) is 0 Å². The highest BCUT2D eigenvalue weighted by Gasteiger charge is 2.25. The van der Waals surface area contributed by atoms with Crippen LogP contribution in [0.25, 0.3) is 0 Å². The lowest BCUT2D eigenvalue weighted by molar-refractivity contribution is 0.230. The fourth-order valence-electron chi connectivity index (χ4n) is 3.05. The molecule has 1 fully saturated rings. The minimum absolute atomic E-state index is 0.0712. The van der Waals surface area contributed by atoms with Crippen molar-refractivity contribution in [2.24, 2.45) is 11.8 Å². The van der Waals surface area contributed by atoms with Crippen LogP contribution in [0.5, 0.6) is 0 Å². The molecule has 0 heterocycles. The number of halogens is 2. The second kappa shape index (κ2) is 6.67. The zero-order valence-corrected chi connectivity index (χ0v) is 12.5. The molecule has 0 bridgehead atoms. The molecular formula is C15H21BrFN. The van der Waals surface area contributed by atoms with Crippen molar-refractivity contribution in [3.05, 3.63) is 34.1 Å². The summed E-state index contributed by atoms with van der Waals surface area (Å²) in [5.74, 6) is 1.26. The van der Waals surface area contributed by atoms with Crippen molar-refractivity contribution in [2.45, 2.75) is 32.1 Å². The molecular weight excluding hydrogens is 293 g/mol. The summed E-state index contributed by atoms with van der Waals surface area (Å²) < 4.78 is 14.7. The normalized spacial score (nSPS) is 24.2. The van der Waals surface area contributed by atoms with E-state index in [0.29, 0.717) is 11.8 Å². The van der Waals surface area contributed by atoms with Crippen molar-refractivity contribution in [2.75, 3.05) is 13.6 Å². The molecule has 3 heteroatoms. The van der Waals surface area contributed by atoms with E-state index in [1.807, 2.05) is 19.2 Å². The molecule has 1 aliphatic carbocycles. The molecule has 0 aliphatic heterocycles. The molecule has 0 radical (unpaired) electrons. The summed E-state index contributed by atoms with van der Waals surface area (Å²) in [6.45, 7) is 1.06. The zero-order valence-electron chi connectivity index (χ0n) is 10.9. The summed E-state index contributed by atoms with van der Waals surface area (Å²) in [5.41, 5.74) is 0.867. The Morgan fingerprint density at radius 3 is 2.67 bits per heavy atom. The average Bonchev–Trinajstić information content (AvgIpc) is 2.35. The van der Waals surface area contributed by atoms with Crippen molar-refractivity contribution < 1.29 is 4.39 Å². The molecule has 1 aliphatic rings. The van der Waals surface area contributed by atoms with Gasteiger partial charge in [0.15, 0.2) is 0 Å². The van der Waals surface area contributed by atoms with Crippen molar-refractivity contribution in [3.63, 3.8) is 0 Å². The van der Waals surface area contributed by atoms with Crippen LogP contribution in [0.15, 0.2) is 22.7 Å². The van der Waals surface area contributed by atoms with Crippen LogP contribution in [-0.4, -0.2) is 13.6 Å². The molecule has 2 atom stereocenters. The van der Waals surface area contributed by atoms with Gasteiger partial charge in [0.2, 0.25) is 0 Å². The number of hydrogen-bond acceptors (Lipinski definition) is 1. The van der Waals surface area contributed by atoms with Gasteiger partial charge in [0, 0.05) is 4.47 Å². The minimum Gasteiger partial charge on any atom is -0.319 e. The minimum atomic E-state index is -0.0712. The van der Waals surface area contributed by atoms with Crippen LogP contribution in [0.1, 0.15) is 31.2 Å². The Bertz CT molecular complexity index is 392. The maximum Gasteiger partial charge on any atom is 0.127 e. The van der Waals surface area contributed by atoms with E-state index in [2.05, 4.69) is 21.2 Å². The molecule has 0 spiro atoms. The first-order valence-corrected chi connectivity index (χ1v) is 7.58. The van der Waals surface area contributed by atoms with E-state index in [9.17, 15) is 4.39 Å². The monoisotopic (exact) mass is 313 g/mol. The summed E-state index contributed by atoms with van der Waals surface area (Å²) >= 11 is 3.31. The fourth-order valence-corrected chi connectivity index (χ4v) is 3.39. The predicted octanol–water partition coefficient (Wildman–Crippen LogP) is 4.16. The number of benzene rings is 1. The quantitative estimate of drug-likeness (QED) is 0.880. The molecule has 0 amide bonds. The Balaban J connectivity index is 2.06. The van der Waals surface area contributed by atoms with E-state index >= 15 is 0 Å². The van der Waals surface area contributed by atoms with E-state index < -0.39 is 0 Å². The van der Waals surface area contributed by atoms with Gasteiger partial charge in [0.1, 0.15) is 5.82 Å². The van der Waals surface area contributed by atoms with Gasteiger partial charge in [-0.2, -0.15) is 0 Å². The van der Waals surface area contributed by atoms with Crippen LogP contribution >= 0.6 is 15.9 Å². The van der Waals surface area contributed by atoms with E-state index in [4.69, 9.17) is 0 Å². The van der Waals surface area contributed by atoms with E-state index in [0.717, 1.165) is 23.0 Å². The molecule has 1 N–H and O–H groups in total. The summed E-state index contributed by atoms with van der Waals surface area (Å²) in [6.07, 6.45) is 6.02. The third kappa shape index (κ3) is 3.55. The van der Waals surface area contributed by atoms with Gasteiger partial charge in [-0.1, -0.05) is 34.8 Å². The smallest absolute Gasteiger partial charge is 0.127 e. The Labute approximate surface area is 117 Å². The molecule has 1 aromatic rings. The highest BCUT2D eigenvalue weighted by atomic mass is 79.9. The molecule has 18 heavy (non-hydrogen) atoms. The van der Waals surface area contributed by atoms with Crippen molar-refractivity contribution >= 4 is 15.9 Å². The third-order valence-corrected chi connectivity index (χ3v) is 4.52. The second-order valence-electron chi connectivity index (χ2n) is 5.30. The van der Waals surface area contributed by atoms with Gasteiger partial charge >= 0.3 is 0 Å². The van der Waals surface area contributed by atoms with Crippen LogP contribution in [0.2, 0.25) is 0 Å². The van der Waals surface area contributed by atoms with Gasteiger partial charge in [-0.05, 0) is 62.4 Å². The summed E-state index contributed by atoms with van der Waals surface area (Å²) in [5, 5.41) is 3.28. The zero-order chi connectivity index (χ0) is 13.0. The second-order valence-corrected chi connectivity index (χ2v) is 6.22. The molecule has 1 nitrogen and oxygen atoms in total. The number of nitrogens with one attached hydrogen (secondary N) is 1. The largest absolute Gasteiger partial charge is 0.319 e. The lowest BCUT2D eigenvalue weighted by atomic mass is 9.76. The van der Waals surface area contributed by atoms with Gasteiger partial charge in [-0.15, -0.1) is 0 Å². The predicted molar refractivity (Wildman–Crippen MR) is 77.2 cm³/mol. The summed E-state index contributed by atoms with van der Waals surface area (Å²) in [7, 11) is 2.01. The molecule has 2 rings (SSSR count). The highest BCUT2D eigenvalue weighted by molar-refractivity contribution is 9.10. The van der Waals surface area contributed by atoms with Crippen LogP contribution in [0, 0.1) is 17.7 Å². The lowest BCUT2D eigenvalue weighted by Gasteiger charge is -2.31. The van der Waals surface area contributed by atoms with E-state index in [-0.39, 0.29) is 5.82 Å². The average molecular weight is 314 g/mol. The van der Waals surface area contributed by atoms with Gasteiger partial charge in [-0.3, -0.25) is 0 Å². The van der Waals surface area contributed by atoms with Crippen molar-refractivity contribution in [1.82, 2.24) is 5.32 Å². The van der Waals surface area contributed by atoms with Crippen LogP contribution in [0.3, 0.4) is 0 Å². The van der Waals surface area contributed by atoms with Crippen LogP contribution in [-0.2, 0) is 6.42 Å². The molecule has 0 aromatic heterocycles. The lowest BCUT2D eigenvalue weighted by Crippen LogP contribution is -2.30. The summed E-state index contributed by atoms with van der Waals surface area (Å²) in [4.78, 5) is 0. The molecule has 0 saturated heterocycles. The highest BCUT2D eigenvalue weighted by Crippen LogP contribution is 2.33. The van der Waals surface area contributed by atoms with Crippen LogP contribution < -0.4 is 5.32 Å². The molecule has 1 aromatic carbocycles. The Hall–Kier alpha value is -0.410. The Kier molecular flexibility index (Phi) is 5.19.